The molecule has 1 unspecified atom stereocenters. The fourth-order valence-electron chi connectivity index (χ4n) is 2.07. The Morgan fingerprint density at radius 3 is 2.30 bits per heavy atom. The molecule has 1 atom stereocenters. The molecule has 0 saturated heterocycles. The number of ether oxygens (including phenoxy) is 1. The summed E-state index contributed by atoms with van der Waals surface area (Å²) in [7, 11) is 3.41. The molecule has 0 amide bonds. The number of likely N-dealkylation sites (N-methyl/N-ethyl adjacent to an activating group) is 1. The highest BCUT2D eigenvalue weighted by Gasteiger charge is 2.14. The Kier molecular flexibility index (Phi) is 9.90. The average molecular weight is 324 g/mol. The Labute approximate surface area is 138 Å². The molecule has 4 nitrogen and oxygen atoms in total. The molecule has 2 rings (SSSR count). The Morgan fingerprint density at radius 2 is 1.74 bits per heavy atom. The first-order valence-electron chi connectivity index (χ1n) is 8.14. The highest BCUT2D eigenvalue weighted by atomic mass is 19.1. The molecule has 1 aromatic heterocycles. The minimum atomic E-state index is -0.461. The first-order valence-corrected chi connectivity index (χ1v) is 8.14. The van der Waals surface area contributed by atoms with Crippen molar-refractivity contribution in [1.82, 2.24) is 9.88 Å². The van der Waals surface area contributed by atoms with E-state index in [-0.39, 0.29) is 17.4 Å². The van der Waals surface area contributed by atoms with Crippen LogP contribution in [0.15, 0.2) is 29.1 Å². The fraction of sp³-hybridized carbons (Fsp3) is 0.500. The van der Waals surface area contributed by atoms with E-state index in [0.29, 0.717) is 12.1 Å². The first kappa shape index (κ1) is 21.1. The summed E-state index contributed by atoms with van der Waals surface area (Å²) in [6.07, 6.45) is -0.194. The summed E-state index contributed by atoms with van der Waals surface area (Å²) in [6.45, 7) is 10.4. The zero-order valence-corrected chi connectivity index (χ0v) is 15.2. The SMILES string of the molecule is CC.CC.CNCC(C)Oc1c(F)ccc2ccc(=O)n(C)c12. The van der Waals surface area contributed by atoms with Crippen LogP contribution in [0.5, 0.6) is 5.75 Å². The number of nitrogens with one attached hydrogen (secondary N) is 1. The second-order valence-corrected chi connectivity index (χ2v) is 4.53. The number of aryl methyl sites for hydroxylation is 1. The summed E-state index contributed by atoms with van der Waals surface area (Å²) in [4.78, 5) is 11.7. The van der Waals surface area contributed by atoms with E-state index in [0.717, 1.165) is 5.39 Å². The van der Waals surface area contributed by atoms with Crippen molar-refractivity contribution in [2.45, 2.75) is 40.7 Å². The lowest BCUT2D eigenvalue weighted by atomic mass is 10.2. The van der Waals surface area contributed by atoms with E-state index in [1.807, 2.05) is 34.6 Å². The summed E-state index contributed by atoms with van der Waals surface area (Å²) in [5.74, 6) is -0.336. The van der Waals surface area contributed by atoms with Crippen LogP contribution in [0.4, 0.5) is 4.39 Å². The van der Waals surface area contributed by atoms with Gasteiger partial charge in [0.05, 0.1) is 5.52 Å². The van der Waals surface area contributed by atoms with Gasteiger partial charge >= 0.3 is 0 Å². The summed E-state index contributed by atoms with van der Waals surface area (Å²) in [6, 6.07) is 6.13. The Bertz CT molecular complexity index is 653. The molecule has 130 valence electrons. The van der Waals surface area contributed by atoms with Gasteiger partial charge in [-0.25, -0.2) is 4.39 Å². The predicted octanol–water partition coefficient (Wildman–Crippen LogP) is 3.72. The summed E-state index contributed by atoms with van der Waals surface area (Å²) < 4.78 is 21.0. The van der Waals surface area contributed by atoms with Crippen LogP contribution in [0.2, 0.25) is 0 Å². The monoisotopic (exact) mass is 324 g/mol. The van der Waals surface area contributed by atoms with Gasteiger partial charge in [0, 0.05) is 25.0 Å². The first-order chi connectivity index (χ1) is 11.0. The topological polar surface area (TPSA) is 43.3 Å². The maximum absolute atomic E-state index is 14.0. The van der Waals surface area contributed by atoms with Crippen LogP contribution < -0.4 is 15.6 Å². The summed E-state index contributed by atoms with van der Waals surface area (Å²) in [5.41, 5.74) is 0.291. The van der Waals surface area contributed by atoms with E-state index in [1.165, 1.54) is 16.7 Å². The van der Waals surface area contributed by atoms with Crippen molar-refractivity contribution in [3.63, 3.8) is 0 Å². The maximum Gasteiger partial charge on any atom is 0.250 e. The van der Waals surface area contributed by atoms with E-state index in [9.17, 15) is 9.18 Å². The second kappa shape index (κ2) is 10.8. The van der Waals surface area contributed by atoms with Crippen molar-refractivity contribution in [1.29, 1.82) is 0 Å². The van der Waals surface area contributed by atoms with Crippen molar-refractivity contribution in [3.8, 4) is 5.75 Å². The number of hydrogen-bond acceptors (Lipinski definition) is 3. The third-order valence-electron chi connectivity index (χ3n) is 3.00. The van der Waals surface area contributed by atoms with Crippen molar-refractivity contribution in [2.24, 2.45) is 7.05 Å². The second-order valence-electron chi connectivity index (χ2n) is 4.53. The number of aromatic nitrogens is 1. The lowest BCUT2D eigenvalue weighted by Gasteiger charge is -2.17. The molecule has 1 N–H and O–H groups in total. The number of nitrogens with zero attached hydrogens (tertiary/aromatic N) is 1. The molecule has 0 radical (unpaired) electrons. The molecule has 23 heavy (non-hydrogen) atoms. The van der Waals surface area contributed by atoms with Crippen LogP contribution in [-0.2, 0) is 7.05 Å². The van der Waals surface area contributed by atoms with Gasteiger partial charge in [-0.3, -0.25) is 4.79 Å². The van der Waals surface area contributed by atoms with E-state index in [2.05, 4.69) is 5.32 Å². The number of halogens is 1. The largest absolute Gasteiger partial charge is 0.484 e. The molecule has 0 bridgehead atoms. The highest BCUT2D eigenvalue weighted by Crippen LogP contribution is 2.28. The van der Waals surface area contributed by atoms with Gasteiger partial charge in [-0.15, -0.1) is 0 Å². The van der Waals surface area contributed by atoms with Crippen molar-refractivity contribution in [2.75, 3.05) is 13.6 Å². The van der Waals surface area contributed by atoms with Gasteiger partial charge in [0.1, 0.15) is 6.10 Å². The number of fused-ring (bicyclic) bond motifs is 1. The van der Waals surface area contributed by atoms with Crippen molar-refractivity contribution < 1.29 is 9.13 Å². The Balaban J connectivity index is 0.00000112. The van der Waals surface area contributed by atoms with Gasteiger partial charge < -0.3 is 14.6 Å². The fourth-order valence-corrected chi connectivity index (χ4v) is 2.07. The lowest BCUT2D eigenvalue weighted by molar-refractivity contribution is 0.213. The van der Waals surface area contributed by atoms with Crippen LogP contribution in [-0.4, -0.2) is 24.3 Å². The Morgan fingerprint density at radius 1 is 1.17 bits per heavy atom. The quantitative estimate of drug-likeness (QED) is 0.932. The number of benzene rings is 1. The molecule has 0 spiro atoms. The molecule has 2 aromatic rings. The minimum absolute atomic E-state index is 0.125. The smallest absolute Gasteiger partial charge is 0.250 e. The van der Waals surface area contributed by atoms with Gasteiger partial charge in [0.15, 0.2) is 11.6 Å². The van der Waals surface area contributed by atoms with Gasteiger partial charge in [0.2, 0.25) is 0 Å². The van der Waals surface area contributed by atoms with E-state index >= 15 is 0 Å². The lowest BCUT2D eigenvalue weighted by Crippen LogP contribution is -2.27. The van der Waals surface area contributed by atoms with Crippen molar-refractivity contribution in [3.05, 3.63) is 40.4 Å². The summed E-state index contributed by atoms with van der Waals surface area (Å²) >= 11 is 0. The van der Waals surface area contributed by atoms with E-state index < -0.39 is 5.82 Å². The van der Waals surface area contributed by atoms with Gasteiger partial charge in [-0.1, -0.05) is 27.7 Å². The molecular formula is C18H29FN2O2. The van der Waals surface area contributed by atoms with Crippen LogP contribution >= 0.6 is 0 Å². The van der Waals surface area contributed by atoms with Crippen LogP contribution in [0.1, 0.15) is 34.6 Å². The molecule has 0 aliphatic heterocycles. The molecule has 1 heterocycles. The Hall–Kier alpha value is -1.88. The maximum atomic E-state index is 14.0. The molecule has 0 aliphatic rings. The predicted molar refractivity (Wildman–Crippen MR) is 95.9 cm³/mol. The normalized spacial score (nSPS) is 11.0. The summed E-state index contributed by atoms with van der Waals surface area (Å²) in [5, 5.41) is 3.74. The third-order valence-corrected chi connectivity index (χ3v) is 3.00. The molecule has 5 heteroatoms. The molecule has 0 saturated carbocycles. The zero-order chi connectivity index (χ0) is 18.0. The zero-order valence-electron chi connectivity index (χ0n) is 15.2. The highest BCUT2D eigenvalue weighted by molar-refractivity contribution is 5.85. The van der Waals surface area contributed by atoms with Gasteiger partial charge in [-0.2, -0.15) is 0 Å². The molecule has 0 fully saturated rings. The third kappa shape index (κ3) is 5.36. The molecular weight excluding hydrogens is 295 g/mol. The van der Waals surface area contributed by atoms with E-state index in [4.69, 9.17) is 4.74 Å². The molecule has 1 aromatic carbocycles. The minimum Gasteiger partial charge on any atom is -0.484 e. The average Bonchev–Trinajstić information content (AvgIpc) is 2.57. The van der Waals surface area contributed by atoms with Gasteiger partial charge in [0.25, 0.3) is 5.56 Å². The standard InChI is InChI=1S/C14H17FN2O2.2C2H6/c1-9(8-16-2)19-14-11(15)6-4-10-5-7-12(18)17(3)13(10)14;2*1-2/h4-7,9,16H,8H2,1-3H3;2*1-2H3. The van der Waals surface area contributed by atoms with Crippen LogP contribution in [0.25, 0.3) is 10.9 Å². The van der Waals surface area contributed by atoms with Gasteiger partial charge in [-0.05, 0) is 32.2 Å². The number of rotatable bonds is 4. The van der Waals surface area contributed by atoms with Crippen LogP contribution in [0, 0.1) is 5.82 Å². The van der Waals surface area contributed by atoms with E-state index in [1.54, 1.807) is 26.2 Å². The molecule has 0 aliphatic carbocycles. The number of hydrogen-bond donors (Lipinski definition) is 1. The van der Waals surface area contributed by atoms with Crippen LogP contribution in [0.3, 0.4) is 0 Å². The van der Waals surface area contributed by atoms with Crippen molar-refractivity contribution >= 4 is 10.9 Å². The number of pyridine rings is 1.